The van der Waals surface area contributed by atoms with Crippen molar-refractivity contribution in [2.24, 2.45) is 0 Å². The van der Waals surface area contributed by atoms with Crippen LogP contribution in [0.5, 0.6) is 0 Å². The summed E-state index contributed by atoms with van der Waals surface area (Å²) in [5.74, 6) is 0. The molecule has 1 aliphatic carbocycles. The first-order valence-electron chi connectivity index (χ1n) is 2.01. The third-order valence-corrected chi connectivity index (χ3v) is 0.586. The Morgan fingerprint density at radius 2 is 1.73 bits per heavy atom. The molecule has 0 fully saturated rings. The van der Waals surface area contributed by atoms with Crippen LogP contribution in [0.2, 0.25) is 0 Å². The van der Waals surface area contributed by atoms with Crippen LogP contribution in [0.1, 0.15) is 6.42 Å². The van der Waals surface area contributed by atoms with Gasteiger partial charge in [-0.25, -0.2) is 12.2 Å². The molecule has 69 valence electrons. The van der Waals surface area contributed by atoms with Crippen molar-refractivity contribution in [2.75, 3.05) is 0 Å². The fourth-order valence-electron chi connectivity index (χ4n) is 0.340. The van der Waals surface area contributed by atoms with Crippen molar-refractivity contribution in [3.05, 3.63) is 31.7 Å². The average molecular weight is 423 g/mol. The molecular formula is C7H10CoI2O-2. The molecule has 0 spiro atoms. The second kappa shape index (κ2) is 30.4. The fraction of sp³-hybridized carbons (Fsp3) is 0.143. The molecule has 0 aromatic carbocycles. The summed E-state index contributed by atoms with van der Waals surface area (Å²) in [6.45, 7) is 2.00. The zero-order valence-corrected chi connectivity index (χ0v) is 11.5. The molecule has 0 saturated heterocycles. The summed E-state index contributed by atoms with van der Waals surface area (Å²) in [7, 11) is 0. The summed E-state index contributed by atoms with van der Waals surface area (Å²) in [4.78, 5) is 8.00. The van der Waals surface area contributed by atoms with Gasteiger partial charge >= 0.3 is 16.8 Å². The van der Waals surface area contributed by atoms with Crippen molar-refractivity contribution < 1.29 is 69.5 Å². The van der Waals surface area contributed by atoms with E-state index in [2.05, 4.69) is 12.2 Å². The third-order valence-electron chi connectivity index (χ3n) is 0.586. The third kappa shape index (κ3) is 24.7. The van der Waals surface area contributed by atoms with Gasteiger partial charge in [-0.15, -0.1) is 6.42 Å². The van der Waals surface area contributed by atoms with Gasteiger partial charge in [0.2, 0.25) is 0 Å². The van der Waals surface area contributed by atoms with Gasteiger partial charge in [0, 0.05) is 0 Å². The number of rotatable bonds is 0. The van der Waals surface area contributed by atoms with E-state index in [0.717, 1.165) is 6.42 Å². The van der Waals surface area contributed by atoms with E-state index in [4.69, 9.17) is 4.79 Å². The molecule has 1 radical (unpaired) electrons. The van der Waals surface area contributed by atoms with E-state index in [1.54, 1.807) is 0 Å². The van der Waals surface area contributed by atoms with E-state index in [0.29, 0.717) is 0 Å². The predicted molar refractivity (Wildman–Crippen MR) is 35.1 cm³/mol. The van der Waals surface area contributed by atoms with E-state index < -0.39 is 0 Å². The molecule has 4 heteroatoms. The van der Waals surface area contributed by atoms with Crippen LogP contribution in [0.25, 0.3) is 0 Å². The molecule has 0 bridgehead atoms. The van der Waals surface area contributed by atoms with Crippen LogP contribution in [0.3, 0.4) is 0 Å². The van der Waals surface area contributed by atoms with Crippen LogP contribution in [0.15, 0.2) is 18.2 Å². The van der Waals surface area contributed by atoms with E-state index in [9.17, 15) is 0 Å². The molecule has 0 saturated carbocycles. The van der Waals surface area contributed by atoms with Gasteiger partial charge in [-0.1, -0.05) is 0 Å². The van der Waals surface area contributed by atoms with Gasteiger partial charge in [0.15, 0.2) is 0 Å². The fourth-order valence-corrected chi connectivity index (χ4v) is 0.340. The second-order valence-corrected chi connectivity index (χ2v) is 1.00. The smallest absolute Gasteiger partial charge is 1.00 e. The zero-order valence-electron chi connectivity index (χ0n) is 6.14. The first-order chi connectivity index (χ1) is 3.50. The average Bonchev–Trinajstić information content (AvgIpc) is 2.23. The minimum Gasteiger partial charge on any atom is -1.00 e. The number of carbonyl (C=O) groups is 1. The molecule has 0 unspecified atom stereocenters. The van der Waals surface area contributed by atoms with Crippen molar-refractivity contribution in [1.82, 2.24) is 0 Å². The van der Waals surface area contributed by atoms with Crippen molar-refractivity contribution in [3.8, 4) is 0 Å². The van der Waals surface area contributed by atoms with Crippen LogP contribution >= 0.6 is 0 Å². The molecule has 0 heterocycles. The van der Waals surface area contributed by atoms with Gasteiger partial charge in [-0.05, 0) is 0 Å². The van der Waals surface area contributed by atoms with Crippen LogP contribution < -0.4 is 48.0 Å². The molecule has 0 aromatic heterocycles. The molecule has 0 amide bonds. The molecule has 1 nitrogen and oxygen atoms in total. The SMILES string of the molecule is C=O.[C-]1=CC=CC1.[CH3-].[Co+2].[I-].[I-]. The Balaban J connectivity index is -0.0000000189. The summed E-state index contributed by atoms with van der Waals surface area (Å²) in [5.41, 5.74) is 0. The van der Waals surface area contributed by atoms with E-state index in [1.807, 2.05) is 18.9 Å². The molecule has 1 aliphatic rings. The second-order valence-electron chi connectivity index (χ2n) is 1.00. The first kappa shape index (κ1) is 29.6. The van der Waals surface area contributed by atoms with Gasteiger partial charge in [-0.2, -0.15) is 6.08 Å². The zero-order chi connectivity index (χ0) is 5.54. The maximum Gasteiger partial charge on any atom is 2.00 e. The maximum atomic E-state index is 8.00. The maximum absolute atomic E-state index is 8.00. The number of allylic oxidation sites excluding steroid dienone is 4. The summed E-state index contributed by atoms with van der Waals surface area (Å²) in [6, 6.07) is 0. The number of carbonyl (C=O) groups excluding carboxylic acids is 1. The Hall–Kier alpha value is 1.12. The van der Waals surface area contributed by atoms with E-state index in [-0.39, 0.29) is 72.2 Å². The Morgan fingerprint density at radius 1 is 1.27 bits per heavy atom. The molecule has 0 atom stereocenters. The Bertz CT molecular complexity index is 84.4. The monoisotopic (exact) mass is 423 g/mol. The van der Waals surface area contributed by atoms with Gasteiger partial charge in [0.25, 0.3) is 0 Å². The Kier molecular flexibility index (Phi) is 81.7. The van der Waals surface area contributed by atoms with Crippen molar-refractivity contribution in [2.45, 2.75) is 6.42 Å². The first-order valence-corrected chi connectivity index (χ1v) is 2.01. The van der Waals surface area contributed by atoms with Gasteiger partial charge < -0.3 is 60.2 Å². The van der Waals surface area contributed by atoms with Crippen molar-refractivity contribution in [1.29, 1.82) is 0 Å². The van der Waals surface area contributed by atoms with Crippen LogP contribution in [0, 0.1) is 13.5 Å². The topological polar surface area (TPSA) is 17.1 Å². The van der Waals surface area contributed by atoms with Crippen molar-refractivity contribution >= 4 is 6.79 Å². The largest absolute Gasteiger partial charge is 2.00 e. The minimum absolute atomic E-state index is 0. The molecule has 0 N–H and O–H groups in total. The number of hydrogen-bond acceptors (Lipinski definition) is 1. The number of hydrogen-bond donors (Lipinski definition) is 0. The summed E-state index contributed by atoms with van der Waals surface area (Å²) in [5, 5.41) is 0. The summed E-state index contributed by atoms with van der Waals surface area (Å²) < 4.78 is 0. The molecule has 0 aromatic rings. The van der Waals surface area contributed by atoms with E-state index >= 15 is 0 Å². The molecular weight excluding hydrogens is 413 g/mol. The normalized spacial score (nSPS) is 8.36. The predicted octanol–water partition coefficient (Wildman–Crippen LogP) is -4.42. The Labute approximate surface area is 113 Å². The van der Waals surface area contributed by atoms with Gasteiger partial charge in [-0.3, -0.25) is 6.08 Å². The van der Waals surface area contributed by atoms with Crippen LogP contribution in [-0.2, 0) is 21.6 Å². The number of halogens is 2. The van der Waals surface area contributed by atoms with Crippen LogP contribution in [-0.4, -0.2) is 6.79 Å². The quantitative estimate of drug-likeness (QED) is 0.284. The molecule has 11 heavy (non-hydrogen) atoms. The van der Waals surface area contributed by atoms with Crippen LogP contribution in [0.4, 0.5) is 0 Å². The summed E-state index contributed by atoms with van der Waals surface area (Å²) in [6.07, 6.45) is 10.0. The standard InChI is InChI=1S/C5H5.CH2O.CH3.Co.2HI/c1-2-4-5-3-1;1-2;;;;/h1-3H,4H2;1H2;1H3;;2*1H/q-1;;-1;+2;;/p-2. The van der Waals surface area contributed by atoms with Crippen molar-refractivity contribution in [3.63, 3.8) is 0 Å². The van der Waals surface area contributed by atoms with Gasteiger partial charge in [0.05, 0.1) is 0 Å². The summed E-state index contributed by atoms with van der Waals surface area (Å²) >= 11 is 0. The molecule has 1 rings (SSSR count). The molecule has 0 aliphatic heterocycles. The minimum atomic E-state index is 0. The van der Waals surface area contributed by atoms with Gasteiger partial charge in [0.1, 0.15) is 6.79 Å². The van der Waals surface area contributed by atoms with E-state index in [1.165, 1.54) is 0 Å². The Morgan fingerprint density at radius 3 is 1.82 bits per heavy atom.